The Morgan fingerprint density at radius 1 is 1.36 bits per heavy atom. The first kappa shape index (κ1) is 15.2. The molecule has 1 atom stereocenters. The molecule has 1 aliphatic carbocycles. The van der Waals surface area contributed by atoms with Gasteiger partial charge in [0, 0.05) is 4.88 Å². The van der Waals surface area contributed by atoms with E-state index >= 15 is 0 Å². The summed E-state index contributed by atoms with van der Waals surface area (Å²) in [5, 5.41) is 15.2. The number of rotatable bonds is 5. The lowest BCUT2D eigenvalue weighted by atomic mass is 9.94. The highest BCUT2D eigenvalue weighted by molar-refractivity contribution is 7.10. The van der Waals surface area contributed by atoms with E-state index in [9.17, 15) is 14.3 Å². The molecule has 3 nitrogen and oxygen atoms in total. The maximum atomic E-state index is 13.0. The van der Waals surface area contributed by atoms with Gasteiger partial charge in [-0.25, -0.2) is 4.39 Å². The average Bonchev–Trinajstić information content (AvgIpc) is 3.10. The topological polar surface area (TPSA) is 49.3 Å². The monoisotopic (exact) mass is 319 g/mol. The minimum Gasteiger partial charge on any atom is -0.383 e. The van der Waals surface area contributed by atoms with E-state index in [4.69, 9.17) is 0 Å². The second-order valence-electron chi connectivity index (χ2n) is 6.02. The number of benzene rings is 1. The predicted octanol–water partition coefficient (Wildman–Crippen LogP) is 2.94. The van der Waals surface area contributed by atoms with E-state index in [1.165, 1.54) is 23.5 Å². The highest BCUT2D eigenvalue weighted by Crippen LogP contribution is 2.48. The molecule has 0 spiro atoms. The van der Waals surface area contributed by atoms with E-state index in [-0.39, 0.29) is 18.3 Å². The van der Waals surface area contributed by atoms with E-state index in [1.807, 2.05) is 17.5 Å². The Bertz CT molecular complexity index is 660. The van der Waals surface area contributed by atoms with Crippen molar-refractivity contribution in [2.24, 2.45) is 0 Å². The fourth-order valence-corrected chi connectivity index (χ4v) is 3.42. The van der Waals surface area contributed by atoms with Crippen molar-refractivity contribution in [2.45, 2.75) is 30.8 Å². The minimum atomic E-state index is -1.08. The van der Waals surface area contributed by atoms with E-state index < -0.39 is 11.0 Å². The van der Waals surface area contributed by atoms with Gasteiger partial charge in [0.1, 0.15) is 11.4 Å². The quantitative estimate of drug-likeness (QED) is 0.890. The Balaban J connectivity index is 1.68. The molecular weight excluding hydrogens is 301 g/mol. The molecule has 0 bridgehead atoms. The lowest BCUT2D eigenvalue weighted by Gasteiger charge is -2.24. The SMILES string of the molecule is CC(O)(CNC(=O)C1(c2ccc(F)cc2)CC1)c1cccs1. The molecule has 0 aliphatic heterocycles. The van der Waals surface area contributed by atoms with Gasteiger partial charge >= 0.3 is 0 Å². The summed E-state index contributed by atoms with van der Waals surface area (Å²) in [5.41, 5.74) is -0.802. The fraction of sp³-hybridized carbons (Fsp3) is 0.353. The van der Waals surface area contributed by atoms with E-state index in [0.29, 0.717) is 0 Å². The number of hydrogen-bond donors (Lipinski definition) is 2. The zero-order chi connectivity index (χ0) is 15.8. The molecule has 0 radical (unpaired) electrons. The van der Waals surface area contributed by atoms with Crippen molar-refractivity contribution in [2.75, 3.05) is 6.54 Å². The smallest absolute Gasteiger partial charge is 0.230 e. The van der Waals surface area contributed by atoms with Crippen molar-refractivity contribution >= 4 is 17.2 Å². The molecule has 1 unspecified atom stereocenters. The van der Waals surface area contributed by atoms with Crippen LogP contribution in [0.1, 0.15) is 30.2 Å². The summed E-state index contributed by atoms with van der Waals surface area (Å²) < 4.78 is 13.0. The molecule has 1 aliphatic rings. The van der Waals surface area contributed by atoms with Gasteiger partial charge < -0.3 is 10.4 Å². The van der Waals surface area contributed by atoms with Crippen LogP contribution in [-0.2, 0) is 15.8 Å². The van der Waals surface area contributed by atoms with Crippen molar-refractivity contribution in [3.05, 3.63) is 58.0 Å². The molecule has 0 saturated heterocycles. The average molecular weight is 319 g/mol. The zero-order valence-corrected chi connectivity index (χ0v) is 13.1. The molecule has 2 aromatic rings. The second kappa shape index (κ2) is 5.48. The predicted molar refractivity (Wildman–Crippen MR) is 84.2 cm³/mol. The summed E-state index contributed by atoms with van der Waals surface area (Å²) in [5.74, 6) is -0.406. The van der Waals surface area contributed by atoms with Crippen molar-refractivity contribution in [3.8, 4) is 0 Å². The molecule has 2 N–H and O–H groups in total. The number of halogens is 1. The summed E-state index contributed by atoms with van der Waals surface area (Å²) in [6.45, 7) is 1.85. The van der Waals surface area contributed by atoms with Crippen LogP contribution in [0.3, 0.4) is 0 Å². The molecule has 1 aromatic carbocycles. The maximum Gasteiger partial charge on any atom is 0.230 e. The van der Waals surface area contributed by atoms with Crippen LogP contribution in [-0.4, -0.2) is 17.6 Å². The first-order chi connectivity index (χ1) is 10.4. The Hall–Kier alpha value is -1.72. The third-order valence-electron chi connectivity index (χ3n) is 4.23. The molecule has 22 heavy (non-hydrogen) atoms. The van der Waals surface area contributed by atoms with Gasteiger partial charge in [0.15, 0.2) is 0 Å². The first-order valence-electron chi connectivity index (χ1n) is 7.25. The van der Waals surface area contributed by atoms with Gasteiger partial charge in [0.05, 0.1) is 12.0 Å². The third kappa shape index (κ3) is 2.78. The van der Waals surface area contributed by atoms with Crippen molar-refractivity contribution in [1.29, 1.82) is 0 Å². The van der Waals surface area contributed by atoms with E-state index in [0.717, 1.165) is 23.3 Å². The van der Waals surface area contributed by atoms with Crippen LogP contribution in [0.25, 0.3) is 0 Å². The number of nitrogens with one attached hydrogen (secondary N) is 1. The number of carbonyl (C=O) groups is 1. The van der Waals surface area contributed by atoms with Crippen LogP contribution in [0, 0.1) is 5.82 Å². The number of hydrogen-bond acceptors (Lipinski definition) is 3. The van der Waals surface area contributed by atoms with Gasteiger partial charge in [-0.05, 0) is 48.9 Å². The van der Waals surface area contributed by atoms with Gasteiger partial charge in [-0.3, -0.25) is 4.79 Å². The first-order valence-corrected chi connectivity index (χ1v) is 8.13. The number of aliphatic hydroxyl groups is 1. The molecule has 3 rings (SSSR count). The molecule has 1 amide bonds. The molecule has 1 heterocycles. The van der Waals surface area contributed by atoms with Crippen molar-refractivity contribution in [3.63, 3.8) is 0 Å². The molecule has 1 aromatic heterocycles. The van der Waals surface area contributed by atoms with E-state index in [1.54, 1.807) is 19.1 Å². The van der Waals surface area contributed by atoms with Crippen LogP contribution in [0.5, 0.6) is 0 Å². The number of thiophene rings is 1. The lowest BCUT2D eigenvalue weighted by molar-refractivity contribution is -0.124. The van der Waals surface area contributed by atoms with Crippen LogP contribution in [0.15, 0.2) is 41.8 Å². The number of amides is 1. The Morgan fingerprint density at radius 2 is 2.05 bits per heavy atom. The van der Waals surface area contributed by atoms with Gasteiger partial charge in [-0.2, -0.15) is 0 Å². The highest BCUT2D eigenvalue weighted by atomic mass is 32.1. The third-order valence-corrected chi connectivity index (χ3v) is 5.35. The molecular formula is C17H18FNO2S. The Morgan fingerprint density at radius 3 is 2.59 bits per heavy atom. The maximum absolute atomic E-state index is 13.0. The van der Waals surface area contributed by atoms with Gasteiger partial charge in [-0.1, -0.05) is 18.2 Å². The Labute approximate surface area is 132 Å². The Kier molecular flexibility index (Phi) is 3.78. The largest absolute Gasteiger partial charge is 0.383 e. The molecule has 1 saturated carbocycles. The summed E-state index contributed by atoms with van der Waals surface area (Å²) in [6, 6.07) is 9.81. The van der Waals surface area contributed by atoms with Gasteiger partial charge in [0.25, 0.3) is 0 Å². The highest BCUT2D eigenvalue weighted by Gasteiger charge is 2.51. The van der Waals surface area contributed by atoms with Crippen LogP contribution < -0.4 is 5.32 Å². The van der Waals surface area contributed by atoms with Crippen molar-refractivity contribution < 1.29 is 14.3 Å². The molecule has 5 heteroatoms. The van der Waals surface area contributed by atoms with Crippen LogP contribution in [0.4, 0.5) is 4.39 Å². The molecule has 1 fully saturated rings. The van der Waals surface area contributed by atoms with Crippen LogP contribution in [0.2, 0.25) is 0 Å². The summed E-state index contributed by atoms with van der Waals surface area (Å²) in [7, 11) is 0. The number of carbonyl (C=O) groups excluding carboxylic acids is 1. The minimum absolute atomic E-state index is 0.101. The summed E-state index contributed by atoms with van der Waals surface area (Å²) >= 11 is 1.46. The lowest BCUT2D eigenvalue weighted by Crippen LogP contribution is -2.42. The standard InChI is InChI=1S/C17H18FNO2S/c1-16(21,14-3-2-10-22-14)11-19-15(20)17(8-9-17)12-4-6-13(18)7-5-12/h2-7,10,21H,8-9,11H2,1H3,(H,19,20). The normalized spacial score (nSPS) is 18.5. The van der Waals surface area contributed by atoms with Gasteiger partial charge in [-0.15, -0.1) is 11.3 Å². The summed E-state index contributed by atoms with van der Waals surface area (Å²) in [6.07, 6.45) is 1.51. The molecule has 116 valence electrons. The van der Waals surface area contributed by atoms with E-state index in [2.05, 4.69) is 5.32 Å². The van der Waals surface area contributed by atoms with Crippen molar-refractivity contribution in [1.82, 2.24) is 5.32 Å². The van der Waals surface area contributed by atoms with Crippen LogP contribution >= 0.6 is 11.3 Å². The second-order valence-corrected chi connectivity index (χ2v) is 6.97. The van der Waals surface area contributed by atoms with Gasteiger partial charge in [0.2, 0.25) is 5.91 Å². The fourth-order valence-electron chi connectivity index (χ4n) is 2.63. The summed E-state index contributed by atoms with van der Waals surface area (Å²) in [4.78, 5) is 13.3. The zero-order valence-electron chi connectivity index (χ0n) is 12.3.